The second-order valence-corrected chi connectivity index (χ2v) is 8.41. The molecule has 4 aromatic rings. The predicted molar refractivity (Wildman–Crippen MR) is 131 cm³/mol. The van der Waals surface area contributed by atoms with Crippen LogP contribution in [0.15, 0.2) is 55.0 Å². The van der Waals surface area contributed by atoms with Gasteiger partial charge in [0.15, 0.2) is 5.69 Å². The van der Waals surface area contributed by atoms with Crippen LogP contribution in [0.1, 0.15) is 40.4 Å². The SMILES string of the molecule is COC(=O)c1c(-c2ccc(F)cc2)nc2n1CCCC2=Cc1ccc(-n2cnc(C)c2)c(OC)c1. The van der Waals surface area contributed by atoms with Crippen LogP contribution in [0.5, 0.6) is 5.75 Å². The number of imidazole rings is 2. The van der Waals surface area contributed by atoms with Crippen molar-refractivity contribution in [3.8, 4) is 22.7 Å². The van der Waals surface area contributed by atoms with Crippen molar-refractivity contribution in [2.75, 3.05) is 14.2 Å². The van der Waals surface area contributed by atoms with E-state index >= 15 is 0 Å². The lowest BCUT2D eigenvalue weighted by molar-refractivity contribution is 0.0589. The van der Waals surface area contributed by atoms with Gasteiger partial charge < -0.3 is 18.6 Å². The number of esters is 1. The van der Waals surface area contributed by atoms with Crippen LogP contribution in [0.3, 0.4) is 0 Å². The van der Waals surface area contributed by atoms with E-state index in [9.17, 15) is 9.18 Å². The maximum atomic E-state index is 13.5. The number of rotatable bonds is 5. The Kier molecular flexibility index (Phi) is 5.94. The minimum Gasteiger partial charge on any atom is -0.495 e. The summed E-state index contributed by atoms with van der Waals surface area (Å²) in [4.78, 5) is 21.9. The number of allylic oxidation sites excluding steroid dienone is 1. The highest BCUT2D eigenvalue weighted by Gasteiger charge is 2.28. The third kappa shape index (κ3) is 4.23. The molecule has 0 saturated heterocycles. The Labute approximate surface area is 202 Å². The van der Waals surface area contributed by atoms with Gasteiger partial charge in [-0.05, 0) is 73.4 Å². The van der Waals surface area contributed by atoms with Crippen LogP contribution in [-0.2, 0) is 11.3 Å². The number of carbonyl (C=O) groups excluding carboxylic acids is 1. The summed E-state index contributed by atoms with van der Waals surface area (Å²) in [6.45, 7) is 2.59. The van der Waals surface area contributed by atoms with Crippen molar-refractivity contribution in [3.05, 3.63) is 83.6 Å². The van der Waals surface area contributed by atoms with Crippen LogP contribution in [-0.4, -0.2) is 39.3 Å². The number of nitrogens with zero attached hydrogens (tertiary/aromatic N) is 4. The first-order valence-electron chi connectivity index (χ1n) is 11.3. The molecule has 5 rings (SSSR count). The number of hydrogen-bond acceptors (Lipinski definition) is 5. The molecule has 0 spiro atoms. The molecule has 0 radical (unpaired) electrons. The summed E-state index contributed by atoms with van der Waals surface area (Å²) in [5, 5.41) is 0. The summed E-state index contributed by atoms with van der Waals surface area (Å²) in [5.41, 5.74) is 5.30. The van der Waals surface area contributed by atoms with Crippen LogP contribution in [0.4, 0.5) is 4.39 Å². The predicted octanol–water partition coefficient (Wildman–Crippen LogP) is 5.31. The van der Waals surface area contributed by atoms with Gasteiger partial charge in [0.05, 0.1) is 31.9 Å². The average molecular weight is 473 g/mol. The third-order valence-electron chi connectivity index (χ3n) is 6.11. The van der Waals surface area contributed by atoms with Gasteiger partial charge in [0.25, 0.3) is 0 Å². The molecule has 0 unspecified atom stereocenters. The van der Waals surface area contributed by atoms with Crippen molar-refractivity contribution in [2.45, 2.75) is 26.3 Å². The zero-order valence-corrected chi connectivity index (χ0v) is 19.8. The van der Waals surface area contributed by atoms with Gasteiger partial charge in [0.2, 0.25) is 0 Å². The van der Waals surface area contributed by atoms with E-state index in [1.165, 1.54) is 19.2 Å². The van der Waals surface area contributed by atoms with Crippen molar-refractivity contribution < 1.29 is 18.7 Å². The molecule has 0 aliphatic carbocycles. The molecular weight excluding hydrogens is 447 g/mol. The minimum atomic E-state index is -0.467. The second-order valence-electron chi connectivity index (χ2n) is 8.41. The number of halogens is 1. The highest BCUT2D eigenvalue weighted by Crippen LogP contribution is 2.35. The van der Waals surface area contributed by atoms with Gasteiger partial charge in [-0.2, -0.15) is 0 Å². The van der Waals surface area contributed by atoms with Gasteiger partial charge in [0, 0.05) is 18.3 Å². The molecule has 0 saturated carbocycles. The number of ether oxygens (including phenoxy) is 2. The Morgan fingerprint density at radius 1 is 1.14 bits per heavy atom. The molecule has 178 valence electrons. The normalized spacial score (nSPS) is 14.1. The fourth-order valence-electron chi connectivity index (χ4n) is 4.46. The fraction of sp³-hybridized carbons (Fsp3) is 0.222. The molecular formula is C27H25FN4O3. The summed E-state index contributed by atoms with van der Waals surface area (Å²) >= 11 is 0. The molecule has 1 aliphatic heterocycles. The largest absolute Gasteiger partial charge is 0.495 e. The lowest BCUT2D eigenvalue weighted by Gasteiger charge is -2.19. The summed E-state index contributed by atoms with van der Waals surface area (Å²) in [6, 6.07) is 12.0. The van der Waals surface area contributed by atoms with Gasteiger partial charge in [-0.25, -0.2) is 19.2 Å². The standard InChI is InChI=1S/C27H25FN4O3/c1-17-15-31(16-29-17)22-11-6-18(14-23(22)34-2)13-20-5-4-12-32-25(27(33)35-3)24(30-26(20)32)19-7-9-21(28)10-8-19/h6-11,13-16H,4-5,12H2,1-3H3. The number of carbonyl (C=O) groups is 1. The molecule has 7 nitrogen and oxygen atoms in total. The van der Waals surface area contributed by atoms with E-state index in [1.807, 2.05) is 40.5 Å². The minimum absolute atomic E-state index is 0.346. The van der Waals surface area contributed by atoms with E-state index in [0.29, 0.717) is 29.3 Å². The summed E-state index contributed by atoms with van der Waals surface area (Å²) in [7, 11) is 3.00. The number of aromatic nitrogens is 4. The summed E-state index contributed by atoms with van der Waals surface area (Å²) in [6.07, 6.45) is 7.43. The van der Waals surface area contributed by atoms with Gasteiger partial charge in [0.1, 0.15) is 23.1 Å². The van der Waals surface area contributed by atoms with E-state index in [0.717, 1.165) is 41.1 Å². The first kappa shape index (κ1) is 22.6. The first-order valence-corrected chi connectivity index (χ1v) is 11.3. The van der Waals surface area contributed by atoms with Gasteiger partial charge in [-0.15, -0.1) is 0 Å². The molecule has 0 fully saturated rings. The molecule has 0 bridgehead atoms. The van der Waals surface area contributed by atoms with Gasteiger partial charge >= 0.3 is 5.97 Å². The highest BCUT2D eigenvalue weighted by molar-refractivity contribution is 5.96. The van der Waals surface area contributed by atoms with Crippen LogP contribution < -0.4 is 4.74 Å². The van der Waals surface area contributed by atoms with Crippen molar-refractivity contribution in [3.63, 3.8) is 0 Å². The third-order valence-corrected chi connectivity index (χ3v) is 6.11. The average Bonchev–Trinajstić information content (AvgIpc) is 3.48. The maximum absolute atomic E-state index is 13.5. The number of benzene rings is 2. The molecule has 0 amide bonds. The quantitative estimate of drug-likeness (QED) is 0.368. The van der Waals surface area contributed by atoms with Crippen LogP contribution in [0.2, 0.25) is 0 Å². The number of fused-ring (bicyclic) bond motifs is 1. The second kappa shape index (κ2) is 9.21. The maximum Gasteiger partial charge on any atom is 0.357 e. The number of methoxy groups -OCH3 is 2. The molecule has 0 N–H and O–H groups in total. The van der Waals surface area contributed by atoms with Crippen molar-refractivity contribution >= 4 is 17.6 Å². The van der Waals surface area contributed by atoms with Gasteiger partial charge in [-0.3, -0.25) is 0 Å². The summed E-state index contributed by atoms with van der Waals surface area (Å²) in [5.74, 6) is 0.620. The van der Waals surface area contributed by atoms with Crippen molar-refractivity contribution in [2.24, 2.45) is 0 Å². The van der Waals surface area contributed by atoms with E-state index in [-0.39, 0.29) is 5.82 Å². The first-order chi connectivity index (χ1) is 17.0. The number of aryl methyl sites for hydroxylation is 1. The molecule has 0 atom stereocenters. The van der Waals surface area contributed by atoms with E-state index in [2.05, 4.69) is 11.1 Å². The lowest BCUT2D eigenvalue weighted by atomic mass is 10.0. The van der Waals surface area contributed by atoms with E-state index in [1.54, 1.807) is 25.6 Å². The Morgan fingerprint density at radius 3 is 2.63 bits per heavy atom. The van der Waals surface area contributed by atoms with Crippen LogP contribution >= 0.6 is 0 Å². The lowest BCUT2D eigenvalue weighted by Crippen LogP contribution is -2.16. The highest BCUT2D eigenvalue weighted by atomic mass is 19.1. The Bertz CT molecular complexity index is 1430. The zero-order valence-electron chi connectivity index (χ0n) is 19.8. The molecule has 3 heterocycles. The smallest absolute Gasteiger partial charge is 0.357 e. The fourth-order valence-corrected chi connectivity index (χ4v) is 4.46. The Balaban J connectivity index is 1.59. The van der Waals surface area contributed by atoms with E-state index in [4.69, 9.17) is 14.5 Å². The monoisotopic (exact) mass is 472 g/mol. The Morgan fingerprint density at radius 2 is 1.94 bits per heavy atom. The van der Waals surface area contributed by atoms with Crippen molar-refractivity contribution in [1.82, 2.24) is 19.1 Å². The van der Waals surface area contributed by atoms with Gasteiger partial charge in [-0.1, -0.05) is 6.07 Å². The zero-order chi connectivity index (χ0) is 24.5. The molecule has 1 aliphatic rings. The molecule has 8 heteroatoms. The topological polar surface area (TPSA) is 71.2 Å². The molecule has 2 aromatic carbocycles. The van der Waals surface area contributed by atoms with Crippen molar-refractivity contribution in [1.29, 1.82) is 0 Å². The molecule has 2 aromatic heterocycles. The summed E-state index contributed by atoms with van der Waals surface area (Å²) < 4.78 is 28.1. The van der Waals surface area contributed by atoms with Crippen LogP contribution in [0, 0.1) is 12.7 Å². The van der Waals surface area contributed by atoms with Crippen LogP contribution in [0.25, 0.3) is 28.6 Å². The number of hydrogen-bond donors (Lipinski definition) is 0. The molecule has 35 heavy (non-hydrogen) atoms. The van der Waals surface area contributed by atoms with E-state index < -0.39 is 5.97 Å². The Hall–Kier alpha value is -4.20.